The molecule has 5 nitrogen and oxygen atoms in total. The van der Waals surface area contributed by atoms with Gasteiger partial charge in [-0.25, -0.2) is 10.9 Å². The van der Waals surface area contributed by atoms with Gasteiger partial charge in [0.1, 0.15) is 11.8 Å². The predicted octanol–water partition coefficient (Wildman–Crippen LogP) is 2.79. The van der Waals surface area contributed by atoms with E-state index in [1.807, 2.05) is 47.4 Å². The minimum atomic E-state index is -0.181. The topological polar surface area (TPSA) is 53.6 Å². The summed E-state index contributed by atoms with van der Waals surface area (Å²) in [6.45, 7) is 0.654. The lowest BCUT2D eigenvalue weighted by Gasteiger charge is -2.25. The van der Waals surface area contributed by atoms with Gasteiger partial charge in [0, 0.05) is 18.6 Å². The van der Waals surface area contributed by atoms with Crippen LogP contribution < -0.4 is 15.6 Å². The molecule has 4 rings (SSSR count). The molecule has 2 N–H and O–H groups in total. The minimum absolute atomic E-state index is 0.173. The first-order valence-electron chi connectivity index (χ1n) is 9.24. The van der Waals surface area contributed by atoms with Gasteiger partial charge in [-0.3, -0.25) is 4.79 Å². The highest BCUT2D eigenvalue weighted by molar-refractivity contribution is 5.83. The second kappa shape index (κ2) is 7.48. The van der Waals surface area contributed by atoms with E-state index in [0.717, 1.165) is 30.6 Å². The fraction of sp³-hybridized carbons (Fsp3) is 0.381. The van der Waals surface area contributed by atoms with Crippen LogP contribution in [0, 0.1) is 0 Å². The van der Waals surface area contributed by atoms with Crippen LogP contribution in [0.3, 0.4) is 0 Å². The molecule has 1 aliphatic carbocycles. The molecule has 1 aliphatic heterocycles. The number of nitrogens with one attached hydrogen (secondary N) is 2. The standard InChI is InChI=1S/C21H25N3O2/c1-26-18-11-7-15(8-12-18)14-24(17-9-10-17)21(25)20-13-19(22-23-20)16-5-3-2-4-6-16/h2-8,11-12,17,19-20,22-23H,9-10,13-14H2,1H3. The summed E-state index contributed by atoms with van der Waals surface area (Å²) in [5.74, 6) is 1.03. The molecule has 2 aromatic rings. The Bertz CT molecular complexity index is 744. The van der Waals surface area contributed by atoms with Gasteiger partial charge < -0.3 is 9.64 Å². The lowest BCUT2D eigenvalue weighted by atomic mass is 10.0. The number of carbonyl (C=O) groups excluding carboxylic acids is 1. The Balaban J connectivity index is 1.43. The van der Waals surface area contributed by atoms with Crippen LogP contribution in [0.2, 0.25) is 0 Å². The average molecular weight is 351 g/mol. The number of carbonyl (C=O) groups is 1. The Kier molecular flexibility index (Phi) is 4.91. The Morgan fingerprint density at radius 2 is 1.81 bits per heavy atom. The Morgan fingerprint density at radius 1 is 1.08 bits per heavy atom. The molecule has 0 aromatic heterocycles. The number of ether oxygens (including phenoxy) is 1. The van der Waals surface area contributed by atoms with E-state index in [-0.39, 0.29) is 18.0 Å². The Morgan fingerprint density at radius 3 is 2.46 bits per heavy atom. The van der Waals surface area contributed by atoms with Crippen LogP contribution in [0.4, 0.5) is 0 Å². The van der Waals surface area contributed by atoms with Crippen molar-refractivity contribution >= 4 is 5.91 Å². The van der Waals surface area contributed by atoms with Gasteiger partial charge in [-0.2, -0.15) is 0 Å². The van der Waals surface area contributed by atoms with Crippen LogP contribution in [0.1, 0.15) is 36.4 Å². The first-order valence-corrected chi connectivity index (χ1v) is 9.24. The zero-order valence-electron chi connectivity index (χ0n) is 15.0. The zero-order chi connectivity index (χ0) is 17.9. The molecule has 2 unspecified atom stereocenters. The van der Waals surface area contributed by atoms with Gasteiger partial charge in [-0.15, -0.1) is 0 Å². The number of hydrogen-bond donors (Lipinski definition) is 2. The lowest BCUT2D eigenvalue weighted by molar-refractivity contribution is -0.134. The molecular weight excluding hydrogens is 326 g/mol. The number of methoxy groups -OCH3 is 1. The van der Waals surface area contributed by atoms with Crippen molar-refractivity contribution in [3.63, 3.8) is 0 Å². The molecule has 1 amide bonds. The van der Waals surface area contributed by atoms with E-state index < -0.39 is 0 Å². The summed E-state index contributed by atoms with van der Waals surface area (Å²) < 4.78 is 5.22. The van der Waals surface area contributed by atoms with Crippen LogP contribution in [0.5, 0.6) is 5.75 Å². The van der Waals surface area contributed by atoms with Crippen molar-refractivity contribution in [2.75, 3.05) is 7.11 Å². The lowest BCUT2D eigenvalue weighted by Crippen LogP contribution is -2.46. The maximum atomic E-state index is 13.1. The zero-order valence-corrected chi connectivity index (χ0v) is 15.0. The summed E-state index contributed by atoms with van der Waals surface area (Å²) in [5, 5.41) is 0. The SMILES string of the molecule is COc1ccc(CN(C(=O)C2CC(c3ccccc3)NN2)C2CC2)cc1. The number of nitrogens with zero attached hydrogens (tertiary/aromatic N) is 1. The number of hydrazine groups is 1. The summed E-state index contributed by atoms with van der Waals surface area (Å²) in [6, 6.07) is 18.6. The number of hydrogen-bond acceptors (Lipinski definition) is 4. The second-order valence-corrected chi connectivity index (χ2v) is 7.09. The number of rotatable bonds is 6. The Labute approximate surface area is 154 Å². The first kappa shape index (κ1) is 17.1. The van der Waals surface area contributed by atoms with E-state index in [9.17, 15) is 4.79 Å². The normalized spacial score (nSPS) is 22.2. The predicted molar refractivity (Wildman–Crippen MR) is 100 cm³/mol. The van der Waals surface area contributed by atoms with Crippen LogP contribution in [0.15, 0.2) is 54.6 Å². The van der Waals surface area contributed by atoms with Crippen LogP contribution in [-0.4, -0.2) is 30.0 Å². The van der Waals surface area contributed by atoms with Gasteiger partial charge in [0.25, 0.3) is 0 Å². The van der Waals surface area contributed by atoms with Crippen molar-refractivity contribution in [1.29, 1.82) is 0 Å². The molecule has 0 bridgehead atoms. The molecule has 136 valence electrons. The molecule has 2 aliphatic rings. The first-order chi connectivity index (χ1) is 12.7. The third-order valence-corrected chi connectivity index (χ3v) is 5.19. The van der Waals surface area contributed by atoms with Crippen molar-refractivity contribution < 1.29 is 9.53 Å². The highest BCUT2D eigenvalue weighted by Gasteiger charge is 2.38. The number of amides is 1. The highest BCUT2D eigenvalue weighted by atomic mass is 16.5. The molecule has 2 fully saturated rings. The maximum absolute atomic E-state index is 13.1. The molecule has 0 radical (unpaired) electrons. The maximum Gasteiger partial charge on any atom is 0.241 e. The highest BCUT2D eigenvalue weighted by Crippen LogP contribution is 2.31. The van der Waals surface area contributed by atoms with E-state index in [2.05, 4.69) is 23.0 Å². The van der Waals surface area contributed by atoms with E-state index >= 15 is 0 Å². The summed E-state index contributed by atoms with van der Waals surface area (Å²) in [6.07, 6.45) is 2.98. The summed E-state index contributed by atoms with van der Waals surface area (Å²) >= 11 is 0. The van der Waals surface area contributed by atoms with Crippen LogP contribution >= 0.6 is 0 Å². The van der Waals surface area contributed by atoms with Crippen molar-refractivity contribution in [3.8, 4) is 5.75 Å². The summed E-state index contributed by atoms with van der Waals surface area (Å²) in [4.78, 5) is 15.2. The fourth-order valence-electron chi connectivity index (χ4n) is 3.52. The van der Waals surface area contributed by atoms with Gasteiger partial charge in [-0.05, 0) is 42.5 Å². The number of benzene rings is 2. The average Bonchev–Trinajstić information content (AvgIpc) is 3.42. The van der Waals surface area contributed by atoms with E-state index in [4.69, 9.17) is 4.74 Å². The second-order valence-electron chi connectivity index (χ2n) is 7.09. The van der Waals surface area contributed by atoms with Crippen LogP contribution in [0.25, 0.3) is 0 Å². The molecule has 5 heteroatoms. The third kappa shape index (κ3) is 3.74. The summed E-state index contributed by atoms with van der Waals surface area (Å²) in [7, 11) is 1.66. The van der Waals surface area contributed by atoms with Crippen molar-refractivity contribution in [3.05, 3.63) is 65.7 Å². The van der Waals surface area contributed by atoms with Gasteiger partial charge in [0.05, 0.1) is 7.11 Å². The van der Waals surface area contributed by atoms with Gasteiger partial charge in [0.15, 0.2) is 0 Å². The molecule has 26 heavy (non-hydrogen) atoms. The fourth-order valence-corrected chi connectivity index (χ4v) is 3.52. The van der Waals surface area contributed by atoms with E-state index in [0.29, 0.717) is 12.6 Å². The Hall–Kier alpha value is -2.37. The van der Waals surface area contributed by atoms with Gasteiger partial charge >= 0.3 is 0 Å². The molecule has 2 atom stereocenters. The van der Waals surface area contributed by atoms with E-state index in [1.54, 1.807) is 7.11 Å². The molecule has 1 heterocycles. The molecular formula is C21H25N3O2. The van der Waals surface area contributed by atoms with Gasteiger partial charge in [0.2, 0.25) is 5.91 Å². The minimum Gasteiger partial charge on any atom is -0.497 e. The largest absolute Gasteiger partial charge is 0.497 e. The quantitative estimate of drug-likeness (QED) is 0.840. The third-order valence-electron chi connectivity index (χ3n) is 5.19. The van der Waals surface area contributed by atoms with Gasteiger partial charge in [-0.1, -0.05) is 42.5 Å². The monoisotopic (exact) mass is 351 g/mol. The smallest absolute Gasteiger partial charge is 0.241 e. The molecule has 2 aromatic carbocycles. The molecule has 1 saturated heterocycles. The van der Waals surface area contributed by atoms with Crippen molar-refractivity contribution in [1.82, 2.24) is 15.8 Å². The van der Waals surface area contributed by atoms with E-state index in [1.165, 1.54) is 5.56 Å². The summed E-state index contributed by atoms with van der Waals surface area (Å²) in [5.41, 5.74) is 8.84. The molecule has 1 saturated carbocycles. The van der Waals surface area contributed by atoms with Crippen LogP contribution in [-0.2, 0) is 11.3 Å². The van der Waals surface area contributed by atoms with Crippen molar-refractivity contribution in [2.24, 2.45) is 0 Å². The van der Waals surface area contributed by atoms with Crippen molar-refractivity contribution in [2.45, 2.75) is 43.9 Å². The molecule has 0 spiro atoms.